The van der Waals surface area contributed by atoms with Crippen molar-refractivity contribution in [3.8, 4) is 0 Å². The molecule has 2 aromatic rings. The van der Waals surface area contributed by atoms with E-state index in [4.69, 9.17) is 4.42 Å². The topological polar surface area (TPSA) is 42.2 Å². The summed E-state index contributed by atoms with van der Waals surface area (Å²) in [6.45, 7) is 4.20. The van der Waals surface area contributed by atoms with Gasteiger partial charge < -0.3 is 9.73 Å². The number of aryl methyl sites for hydroxylation is 2. The van der Waals surface area contributed by atoms with Crippen LogP contribution in [0.5, 0.6) is 0 Å². The Labute approximate surface area is 100 Å². The number of nitrogens with one attached hydrogen (secondary N) is 1. The minimum Gasteiger partial charge on any atom is -0.469 e. The highest BCUT2D eigenvalue weighted by atomic mass is 16.3. The van der Waals surface area contributed by atoms with Crippen molar-refractivity contribution < 1.29 is 9.21 Å². The van der Waals surface area contributed by atoms with E-state index in [2.05, 4.69) is 5.32 Å². The molecule has 1 aromatic carbocycles. The molecule has 0 bridgehead atoms. The summed E-state index contributed by atoms with van der Waals surface area (Å²) in [5.74, 6) is 0.575. The van der Waals surface area contributed by atoms with Crippen LogP contribution in [0.4, 0.5) is 0 Å². The molecule has 0 unspecified atom stereocenters. The van der Waals surface area contributed by atoms with Gasteiger partial charge in [-0.15, -0.1) is 0 Å². The maximum atomic E-state index is 11.9. The van der Waals surface area contributed by atoms with Crippen molar-refractivity contribution in [3.63, 3.8) is 0 Å². The number of hydrogen-bond acceptors (Lipinski definition) is 2. The van der Waals surface area contributed by atoms with E-state index in [-0.39, 0.29) is 5.91 Å². The van der Waals surface area contributed by atoms with Gasteiger partial charge in [0.05, 0.1) is 11.8 Å². The normalized spacial score (nSPS) is 10.2. The lowest BCUT2D eigenvalue weighted by Gasteiger charge is -2.05. The third-order valence-corrected chi connectivity index (χ3v) is 2.68. The minimum absolute atomic E-state index is 0.0856. The predicted molar refractivity (Wildman–Crippen MR) is 65.8 cm³/mol. The first-order chi connectivity index (χ1) is 8.18. The third-order valence-electron chi connectivity index (χ3n) is 2.68. The lowest BCUT2D eigenvalue weighted by atomic mass is 10.1. The number of furan rings is 1. The maximum Gasteiger partial charge on any atom is 0.255 e. The first-order valence-electron chi connectivity index (χ1n) is 5.55. The van der Waals surface area contributed by atoms with E-state index < -0.39 is 0 Å². The van der Waals surface area contributed by atoms with Crippen LogP contribution in [0, 0.1) is 13.8 Å². The number of carbonyl (C=O) groups is 1. The van der Waals surface area contributed by atoms with Gasteiger partial charge >= 0.3 is 0 Å². The molecule has 0 atom stereocenters. The van der Waals surface area contributed by atoms with Crippen LogP contribution < -0.4 is 5.32 Å². The fraction of sp³-hybridized carbons (Fsp3) is 0.214. The van der Waals surface area contributed by atoms with Crippen LogP contribution in [0.25, 0.3) is 0 Å². The lowest BCUT2D eigenvalue weighted by Crippen LogP contribution is -2.23. The van der Waals surface area contributed by atoms with Gasteiger partial charge in [-0.1, -0.05) is 30.3 Å². The Balaban J connectivity index is 2.04. The van der Waals surface area contributed by atoms with Crippen LogP contribution in [0.3, 0.4) is 0 Å². The zero-order chi connectivity index (χ0) is 12.3. The van der Waals surface area contributed by atoms with E-state index in [9.17, 15) is 4.79 Å². The fourth-order valence-electron chi connectivity index (χ4n) is 1.78. The van der Waals surface area contributed by atoms with Crippen molar-refractivity contribution >= 4 is 5.91 Å². The quantitative estimate of drug-likeness (QED) is 0.879. The van der Waals surface area contributed by atoms with E-state index in [0.717, 1.165) is 11.1 Å². The molecule has 1 amide bonds. The molecule has 0 radical (unpaired) electrons. The number of hydrogen-bond donors (Lipinski definition) is 1. The minimum atomic E-state index is -0.0856. The van der Waals surface area contributed by atoms with Gasteiger partial charge in [0, 0.05) is 12.1 Å². The van der Waals surface area contributed by atoms with Gasteiger partial charge in [0.2, 0.25) is 0 Å². The van der Waals surface area contributed by atoms with Gasteiger partial charge in [0.25, 0.3) is 5.91 Å². The van der Waals surface area contributed by atoms with Crippen molar-refractivity contribution in [2.24, 2.45) is 0 Å². The zero-order valence-electron chi connectivity index (χ0n) is 9.99. The molecule has 1 N–H and O–H groups in total. The van der Waals surface area contributed by atoms with Crippen LogP contribution in [0.2, 0.25) is 0 Å². The summed E-state index contributed by atoms with van der Waals surface area (Å²) in [6, 6.07) is 9.83. The third kappa shape index (κ3) is 2.56. The van der Waals surface area contributed by atoms with Crippen molar-refractivity contribution in [1.82, 2.24) is 5.32 Å². The van der Waals surface area contributed by atoms with Gasteiger partial charge in [0.15, 0.2) is 0 Å². The zero-order valence-corrected chi connectivity index (χ0v) is 9.99. The van der Waals surface area contributed by atoms with E-state index >= 15 is 0 Å². The maximum absolute atomic E-state index is 11.9. The highest BCUT2D eigenvalue weighted by Gasteiger charge is 2.14. The standard InChI is InChI=1S/C14H15NO2/c1-10-9-17-11(2)13(10)14(16)15-8-12-6-4-3-5-7-12/h3-7,9H,8H2,1-2H3,(H,15,16). The second-order valence-electron chi connectivity index (χ2n) is 4.02. The first kappa shape index (κ1) is 11.5. The fourth-order valence-corrected chi connectivity index (χ4v) is 1.78. The van der Waals surface area contributed by atoms with Crippen molar-refractivity contribution in [1.29, 1.82) is 0 Å². The Morgan fingerprint density at radius 2 is 1.94 bits per heavy atom. The molecule has 0 saturated heterocycles. The van der Waals surface area contributed by atoms with Crippen molar-refractivity contribution in [2.75, 3.05) is 0 Å². The highest BCUT2D eigenvalue weighted by molar-refractivity contribution is 5.96. The number of benzene rings is 1. The van der Waals surface area contributed by atoms with Crippen molar-refractivity contribution in [3.05, 3.63) is 59.0 Å². The summed E-state index contributed by atoms with van der Waals surface area (Å²) in [5, 5.41) is 2.88. The average Bonchev–Trinajstić information content (AvgIpc) is 2.67. The molecule has 0 aliphatic carbocycles. The second-order valence-corrected chi connectivity index (χ2v) is 4.02. The Morgan fingerprint density at radius 3 is 2.53 bits per heavy atom. The number of rotatable bonds is 3. The molecule has 2 rings (SSSR count). The van der Waals surface area contributed by atoms with Crippen LogP contribution >= 0.6 is 0 Å². The number of carbonyl (C=O) groups excluding carboxylic acids is 1. The molecular weight excluding hydrogens is 214 g/mol. The summed E-state index contributed by atoms with van der Waals surface area (Å²) in [7, 11) is 0. The molecule has 17 heavy (non-hydrogen) atoms. The molecule has 3 nitrogen and oxygen atoms in total. The molecule has 0 saturated carbocycles. The number of amides is 1. The van der Waals surface area contributed by atoms with Gasteiger partial charge in [-0.25, -0.2) is 0 Å². The summed E-state index contributed by atoms with van der Waals surface area (Å²) in [4.78, 5) is 11.9. The molecule has 0 aliphatic rings. The SMILES string of the molecule is Cc1coc(C)c1C(=O)NCc1ccccc1. The Kier molecular flexibility index (Phi) is 3.28. The molecule has 0 spiro atoms. The predicted octanol–water partition coefficient (Wildman–Crippen LogP) is 2.83. The molecule has 3 heteroatoms. The lowest BCUT2D eigenvalue weighted by molar-refractivity contribution is 0.0949. The van der Waals surface area contributed by atoms with E-state index in [1.165, 1.54) is 0 Å². The average molecular weight is 229 g/mol. The van der Waals surface area contributed by atoms with E-state index in [1.54, 1.807) is 13.2 Å². The van der Waals surface area contributed by atoms with Crippen LogP contribution in [-0.4, -0.2) is 5.91 Å². The first-order valence-corrected chi connectivity index (χ1v) is 5.55. The Bertz CT molecular complexity index is 495. The van der Waals surface area contributed by atoms with Crippen LogP contribution in [0.15, 0.2) is 41.0 Å². The van der Waals surface area contributed by atoms with Gasteiger partial charge in [-0.3, -0.25) is 4.79 Å². The summed E-state index contributed by atoms with van der Waals surface area (Å²) in [5.41, 5.74) is 2.59. The monoisotopic (exact) mass is 229 g/mol. The molecular formula is C14H15NO2. The summed E-state index contributed by atoms with van der Waals surface area (Å²) in [6.07, 6.45) is 1.60. The largest absolute Gasteiger partial charge is 0.469 e. The Morgan fingerprint density at radius 1 is 1.24 bits per heavy atom. The second kappa shape index (κ2) is 4.87. The molecule has 1 aromatic heterocycles. The van der Waals surface area contributed by atoms with Crippen LogP contribution in [0.1, 0.15) is 27.2 Å². The van der Waals surface area contributed by atoms with Crippen LogP contribution in [-0.2, 0) is 6.54 Å². The van der Waals surface area contributed by atoms with Gasteiger partial charge in [-0.05, 0) is 19.4 Å². The molecule has 1 heterocycles. The van der Waals surface area contributed by atoms with Gasteiger partial charge in [-0.2, -0.15) is 0 Å². The molecule has 0 aliphatic heterocycles. The molecule has 88 valence electrons. The Hall–Kier alpha value is -2.03. The highest BCUT2D eigenvalue weighted by Crippen LogP contribution is 2.15. The van der Waals surface area contributed by atoms with E-state index in [0.29, 0.717) is 17.9 Å². The summed E-state index contributed by atoms with van der Waals surface area (Å²) >= 11 is 0. The summed E-state index contributed by atoms with van der Waals surface area (Å²) < 4.78 is 5.21. The molecule has 0 fully saturated rings. The van der Waals surface area contributed by atoms with Gasteiger partial charge in [0.1, 0.15) is 5.76 Å². The smallest absolute Gasteiger partial charge is 0.255 e. The van der Waals surface area contributed by atoms with E-state index in [1.807, 2.05) is 37.3 Å². The van der Waals surface area contributed by atoms with Crippen molar-refractivity contribution in [2.45, 2.75) is 20.4 Å².